The topological polar surface area (TPSA) is 17.1 Å². The van der Waals surface area contributed by atoms with Gasteiger partial charge in [0.05, 0.1) is 0 Å². The van der Waals surface area contributed by atoms with Crippen LogP contribution in [0.25, 0.3) is 0 Å². The van der Waals surface area contributed by atoms with Crippen LogP contribution in [0, 0.1) is 11.8 Å². The van der Waals surface area contributed by atoms with Crippen LogP contribution in [0.5, 0.6) is 0 Å². The summed E-state index contributed by atoms with van der Waals surface area (Å²) in [5, 5.41) is 0. The van der Waals surface area contributed by atoms with E-state index in [2.05, 4.69) is 26.0 Å². The van der Waals surface area contributed by atoms with Crippen LogP contribution in [-0.4, -0.2) is 6.29 Å². The van der Waals surface area contributed by atoms with Crippen LogP contribution in [0.1, 0.15) is 67.8 Å². The van der Waals surface area contributed by atoms with Crippen molar-refractivity contribution in [3.05, 3.63) is 35.4 Å². The minimum Gasteiger partial charge on any atom is -0.298 e. The van der Waals surface area contributed by atoms with Gasteiger partial charge in [-0.1, -0.05) is 57.4 Å². The Kier molecular flexibility index (Phi) is 4.57. The second-order valence-electron chi connectivity index (χ2n) is 5.77. The molecule has 1 aliphatic rings. The average molecular weight is 244 g/mol. The van der Waals surface area contributed by atoms with Gasteiger partial charge < -0.3 is 0 Å². The molecule has 1 saturated carbocycles. The molecule has 2 rings (SSSR count). The molecule has 0 N–H and O–H groups in total. The summed E-state index contributed by atoms with van der Waals surface area (Å²) in [6.07, 6.45) is 7.80. The van der Waals surface area contributed by atoms with E-state index in [1.165, 1.54) is 37.7 Å². The third-order valence-corrected chi connectivity index (χ3v) is 4.71. The van der Waals surface area contributed by atoms with Crippen LogP contribution in [0.15, 0.2) is 24.3 Å². The first kappa shape index (κ1) is 13.3. The largest absolute Gasteiger partial charge is 0.298 e. The highest BCUT2D eigenvalue weighted by atomic mass is 16.1. The average Bonchev–Trinajstić information content (AvgIpc) is 2.46. The molecule has 0 radical (unpaired) electrons. The zero-order valence-corrected chi connectivity index (χ0v) is 11.6. The van der Waals surface area contributed by atoms with Crippen molar-refractivity contribution < 1.29 is 4.79 Å². The van der Waals surface area contributed by atoms with E-state index >= 15 is 0 Å². The Morgan fingerprint density at radius 2 is 2.00 bits per heavy atom. The highest BCUT2D eigenvalue weighted by Gasteiger charge is 2.25. The summed E-state index contributed by atoms with van der Waals surface area (Å²) in [4.78, 5) is 10.7. The maximum Gasteiger partial charge on any atom is 0.150 e. The molecule has 0 heterocycles. The monoisotopic (exact) mass is 244 g/mol. The van der Waals surface area contributed by atoms with Gasteiger partial charge in [0, 0.05) is 5.56 Å². The van der Waals surface area contributed by atoms with Crippen molar-refractivity contribution in [3.8, 4) is 0 Å². The van der Waals surface area contributed by atoms with Gasteiger partial charge in [0.2, 0.25) is 0 Å². The summed E-state index contributed by atoms with van der Waals surface area (Å²) in [5.41, 5.74) is 2.17. The molecule has 0 spiro atoms. The molecular weight excluding hydrogens is 220 g/mol. The summed E-state index contributed by atoms with van der Waals surface area (Å²) in [6.45, 7) is 4.66. The molecule has 1 fully saturated rings. The van der Waals surface area contributed by atoms with Crippen LogP contribution in [0.3, 0.4) is 0 Å². The summed E-state index contributed by atoms with van der Waals surface area (Å²) in [6, 6.07) is 8.14. The minimum atomic E-state index is 0.625. The highest BCUT2D eigenvalue weighted by molar-refractivity contribution is 5.74. The first-order valence-corrected chi connectivity index (χ1v) is 7.29. The number of benzene rings is 1. The Hall–Kier alpha value is -1.11. The maximum atomic E-state index is 10.7. The molecule has 18 heavy (non-hydrogen) atoms. The molecule has 0 aromatic heterocycles. The van der Waals surface area contributed by atoms with E-state index in [1.807, 2.05) is 12.1 Å². The summed E-state index contributed by atoms with van der Waals surface area (Å²) in [7, 11) is 0. The van der Waals surface area contributed by atoms with Gasteiger partial charge in [0.15, 0.2) is 0 Å². The standard InChI is InChI=1S/C17H24O/c1-3-14-5-4-6-17(11-14)13(2)16-9-7-15(12-18)8-10-16/h7-10,12-14,17H,3-6,11H2,1-2H3. The minimum absolute atomic E-state index is 0.625. The second kappa shape index (κ2) is 6.17. The fraction of sp³-hybridized carbons (Fsp3) is 0.588. The predicted molar refractivity (Wildman–Crippen MR) is 76.0 cm³/mol. The van der Waals surface area contributed by atoms with E-state index in [0.717, 1.165) is 23.7 Å². The van der Waals surface area contributed by atoms with Crippen LogP contribution in [0.4, 0.5) is 0 Å². The van der Waals surface area contributed by atoms with E-state index in [1.54, 1.807) is 0 Å². The van der Waals surface area contributed by atoms with E-state index in [0.29, 0.717) is 5.92 Å². The molecule has 98 valence electrons. The van der Waals surface area contributed by atoms with Gasteiger partial charge in [0.25, 0.3) is 0 Å². The number of carbonyl (C=O) groups is 1. The zero-order valence-electron chi connectivity index (χ0n) is 11.6. The van der Waals surface area contributed by atoms with E-state index in [9.17, 15) is 4.79 Å². The fourth-order valence-corrected chi connectivity index (χ4v) is 3.31. The SMILES string of the molecule is CCC1CCCC(C(C)c2ccc(C=O)cc2)C1. The van der Waals surface area contributed by atoms with Crippen LogP contribution < -0.4 is 0 Å². The van der Waals surface area contributed by atoms with E-state index in [4.69, 9.17) is 0 Å². The van der Waals surface area contributed by atoms with Gasteiger partial charge in [-0.05, 0) is 36.2 Å². The van der Waals surface area contributed by atoms with Crippen molar-refractivity contribution >= 4 is 6.29 Å². The lowest BCUT2D eigenvalue weighted by Gasteiger charge is -2.33. The van der Waals surface area contributed by atoms with Crippen molar-refractivity contribution in [1.29, 1.82) is 0 Å². The first-order chi connectivity index (χ1) is 8.74. The molecule has 1 heteroatoms. The zero-order chi connectivity index (χ0) is 13.0. The van der Waals surface area contributed by atoms with Crippen LogP contribution in [0.2, 0.25) is 0 Å². The van der Waals surface area contributed by atoms with Crippen LogP contribution >= 0.6 is 0 Å². The third kappa shape index (κ3) is 3.01. The Balaban J connectivity index is 2.04. The van der Waals surface area contributed by atoms with Gasteiger partial charge in [0.1, 0.15) is 6.29 Å². The highest BCUT2D eigenvalue weighted by Crippen LogP contribution is 2.39. The molecule has 3 unspecified atom stereocenters. The van der Waals surface area contributed by atoms with Gasteiger partial charge >= 0.3 is 0 Å². The molecule has 3 atom stereocenters. The molecular formula is C17H24O. The van der Waals surface area contributed by atoms with Gasteiger partial charge in [-0.15, -0.1) is 0 Å². The van der Waals surface area contributed by atoms with Crippen molar-refractivity contribution in [2.45, 2.75) is 51.9 Å². The molecule has 1 aromatic carbocycles. The summed E-state index contributed by atoms with van der Waals surface area (Å²) >= 11 is 0. The Morgan fingerprint density at radius 1 is 1.28 bits per heavy atom. The van der Waals surface area contributed by atoms with Crippen molar-refractivity contribution in [2.75, 3.05) is 0 Å². The smallest absolute Gasteiger partial charge is 0.150 e. The lowest BCUT2D eigenvalue weighted by Crippen LogP contribution is -2.19. The Morgan fingerprint density at radius 3 is 2.61 bits per heavy atom. The number of carbonyl (C=O) groups excluding carboxylic acids is 1. The van der Waals surface area contributed by atoms with Crippen molar-refractivity contribution in [1.82, 2.24) is 0 Å². The quantitative estimate of drug-likeness (QED) is 0.694. The lowest BCUT2D eigenvalue weighted by atomic mass is 9.73. The molecule has 0 saturated heterocycles. The number of aldehydes is 1. The number of hydrogen-bond donors (Lipinski definition) is 0. The number of rotatable bonds is 4. The second-order valence-corrected chi connectivity index (χ2v) is 5.77. The lowest BCUT2D eigenvalue weighted by molar-refractivity contribution is 0.112. The molecule has 0 bridgehead atoms. The van der Waals surface area contributed by atoms with E-state index in [-0.39, 0.29) is 0 Å². The van der Waals surface area contributed by atoms with E-state index < -0.39 is 0 Å². The molecule has 1 nitrogen and oxygen atoms in total. The maximum absolute atomic E-state index is 10.7. The third-order valence-electron chi connectivity index (χ3n) is 4.71. The summed E-state index contributed by atoms with van der Waals surface area (Å²) in [5.74, 6) is 2.38. The molecule has 1 aromatic rings. The molecule has 1 aliphatic carbocycles. The van der Waals surface area contributed by atoms with Crippen molar-refractivity contribution in [2.24, 2.45) is 11.8 Å². The predicted octanol–water partition coefficient (Wildman–Crippen LogP) is 4.82. The van der Waals surface area contributed by atoms with Crippen LogP contribution in [-0.2, 0) is 0 Å². The van der Waals surface area contributed by atoms with Crippen molar-refractivity contribution in [3.63, 3.8) is 0 Å². The molecule has 0 amide bonds. The van der Waals surface area contributed by atoms with Gasteiger partial charge in [-0.2, -0.15) is 0 Å². The first-order valence-electron chi connectivity index (χ1n) is 7.29. The Labute approximate surface area is 111 Å². The molecule has 0 aliphatic heterocycles. The normalized spacial score (nSPS) is 25.7. The Bertz CT molecular complexity index is 379. The number of hydrogen-bond acceptors (Lipinski definition) is 1. The van der Waals surface area contributed by atoms with Gasteiger partial charge in [-0.3, -0.25) is 4.79 Å². The fourth-order valence-electron chi connectivity index (χ4n) is 3.31. The van der Waals surface area contributed by atoms with Gasteiger partial charge in [-0.25, -0.2) is 0 Å². The summed E-state index contributed by atoms with van der Waals surface area (Å²) < 4.78 is 0.